The number of hydrogen-bond donors (Lipinski definition) is 2. The fraction of sp³-hybridized carbons (Fsp3) is 0.933. The molecule has 22 heavy (non-hydrogen) atoms. The molecule has 4 nitrogen and oxygen atoms in total. The highest BCUT2D eigenvalue weighted by molar-refractivity contribution is 5.79. The van der Waals surface area contributed by atoms with Gasteiger partial charge in [0.05, 0.1) is 13.0 Å². The van der Waals surface area contributed by atoms with Crippen LogP contribution in [0, 0.1) is 5.92 Å². The zero-order valence-corrected chi connectivity index (χ0v) is 13.3. The van der Waals surface area contributed by atoms with Gasteiger partial charge in [0, 0.05) is 32.2 Å². The molecule has 0 amide bonds. The maximum absolute atomic E-state index is 12.2. The molecule has 2 rings (SSSR count). The van der Waals surface area contributed by atoms with Gasteiger partial charge in [-0.25, -0.2) is 0 Å². The molecule has 0 aromatic heterocycles. The lowest BCUT2D eigenvalue weighted by atomic mass is 10.3. The number of hydrogen-bond acceptors (Lipinski definition) is 2. The Bertz CT molecular complexity index is 362. The SMILES string of the molecule is CCNC(=NCCC(F)(F)F)NCCN(CC1CC1)C1CC1. The van der Waals surface area contributed by atoms with Crippen molar-refractivity contribution in [2.75, 3.05) is 32.7 Å². The van der Waals surface area contributed by atoms with Crippen LogP contribution in [0.5, 0.6) is 0 Å². The van der Waals surface area contributed by atoms with Gasteiger partial charge in [0.15, 0.2) is 5.96 Å². The Morgan fingerprint density at radius 2 is 1.91 bits per heavy atom. The third-order valence-corrected chi connectivity index (χ3v) is 3.95. The van der Waals surface area contributed by atoms with E-state index in [1.54, 1.807) is 0 Å². The van der Waals surface area contributed by atoms with Crippen molar-refractivity contribution in [1.82, 2.24) is 15.5 Å². The highest BCUT2D eigenvalue weighted by Crippen LogP contribution is 2.34. The molecule has 0 saturated heterocycles. The van der Waals surface area contributed by atoms with Crippen LogP contribution < -0.4 is 10.6 Å². The second-order valence-corrected chi connectivity index (χ2v) is 6.22. The molecule has 2 saturated carbocycles. The number of halogens is 3. The van der Waals surface area contributed by atoms with E-state index in [1.807, 2.05) is 6.92 Å². The van der Waals surface area contributed by atoms with Crippen molar-refractivity contribution in [3.8, 4) is 0 Å². The first-order valence-corrected chi connectivity index (χ1v) is 8.31. The number of alkyl halides is 3. The Balaban J connectivity index is 1.69. The lowest BCUT2D eigenvalue weighted by molar-refractivity contribution is -0.132. The van der Waals surface area contributed by atoms with Crippen molar-refractivity contribution in [3.05, 3.63) is 0 Å². The number of aliphatic imine (C=N–C) groups is 1. The summed E-state index contributed by atoms with van der Waals surface area (Å²) in [5, 5.41) is 6.14. The van der Waals surface area contributed by atoms with E-state index in [-0.39, 0.29) is 6.54 Å². The van der Waals surface area contributed by atoms with Crippen molar-refractivity contribution < 1.29 is 13.2 Å². The van der Waals surface area contributed by atoms with Gasteiger partial charge in [-0.2, -0.15) is 13.2 Å². The molecule has 0 bridgehead atoms. The molecule has 0 heterocycles. The molecule has 2 N–H and O–H groups in total. The molecule has 0 spiro atoms. The maximum Gasteiger partial charge on any atom is 0.390 e. The van der Waals surface area contributed by atoms with E-state index < -0.39 is 12.6 Å². The quantitative estimate of drug-likeness (QED) is 0.506. The topological polar surface area (TPSA) is 39.7 Å². The molecular weight excluding hydrogens is 293 g/mol. The van der Waals surface area contributed by atoms with E-state index >= 15 is 0 Å². The molecule has 0 aliphatic heterocycles. The molecule has 7 heteroatoms. The van der Waals surface area contributed by atoms with Crippen molar-refractivity contribution in [2.45, 2.75) is 51.2 Å². The van der Waals surface area contributed by atoms with Crippen LogP contribution in [0.4, 0.5) is 13.2 Å². The number of guanidine groups is 1. The lowest BCUT2D eigenvalue weighted by Crippen LogP contribution is -2.42. The first-order valence-electron chi connectivity index (χ1n) is 8.31. The van der Waals surface area contributed by atoms with Crippen LogP contribution in [0.1, 0.15) is 39.0 Å². The normalized spacial score (nSPS) is 19.6. The standard InChI is InChI=1S/C15H27F3N4/c1-2-19-14(20-8-7-15(16,17)18)21-9-10-22(13-5-6-13)11-12-3-4-12/h12-13H,2-11H2,1H3,(H2,19,20,21). The highest BCUT2D eigenvalue weighted by atomic mass is 19.4. The van der Waals surface area contributed by atoms with Gasteiger partial charge in [-0.3, -0.25) is 9.89 Å². The summed E-state index contributed by atoms with van der Waals surface area (Å²) in [5.41, 5.74) is 0. The van der Waals surface area contributed by atoms with Crippen LogP contribution in [0.3, 0.4) is 0 Å². The minimum Gasteiger partial charge on any atom is -0.357 e. The van der Waals surface area contributed by atoms with Gasteiger partial charge in [0.2, 0.25) is 0 Å². The average molecular weight is 320 g/mol. The van der Waals surface area contributed by atoms with Crippen molar-refractivity contribution in [1.29, 1.82) is 0 Å². The molecule has 128 valence electrons. The van der Waals surface area contributed by atoms with Gasteiger partial charge in [0.1, 0.15) is 0 Å². The van der Waals surface area contributed by atoms with E-state index in [9.17, 15) is 13.2 Å². The van der Waals surface area contributed by atoms with Gasteiger partial charge >= 0.3 is 6.18 Å². The largest absolute Gasteiger partial charge is 0.390 e. The summed E-state index contributed by atoms with van der Waals surface area (Å²) in [5.74, 6) is 1.35. The van der Waals surface area contributed by atoms with E-state index in [4.69, 9.17) is 0 Å². The van der Waals surface area contributed by atoms with Gasteiger partial charge in [0.25, 0.3) is 0 Å². The van der Waals surface area contributed by atoms with Crippen LogP contribution >= 0.6 is 0 Å². The Hall–Kier alpha value is -0.980. The summed E-state index contributed by atoms with van der Waals surface area (Å²) in [6.07, 6.45) is 0.239. The average Bonchev–Trinajstić information content (AvgIpc) is 3.29. The zero-order chi connectivity index (χ0) is 16.0. The van der Waals surface area contributed by atoms with Crippen LogP contribution in [-0.2, 0) is 0 Å². The summed E-state index contributed by atoms with van der Waals surface area (Å²) in [6.45, 7) is 5.16. The number of nitrogens with zero attached hydrogens (tertiary/aromatic N) is 2. The molecule has 0 aromatic rings. The van der Waals surface area contributed by atoms with E-state index in [0.717, 1.165) is 25.0 Å². The smallest absolute Gasteiger partial charge is 0.357 e. The van der Waals surface area contributed by atoms with Crippen LogP contribution in [0.2, 0.25) is 0 Å². The Kier molecular flexibility index (Phi) is 6.35. The monoisotopic (exact) mass is 320 g/mol. The third kappa shape index (κ3) is 7.33. The predicted octanol–water partition coefficient (Wildman–Crippen LogP) is 2.37. The van der Waals surface area contributed by atoms with Crippen LogP contribution in [0.25, 0.3) is 0 Å². The molecule has 2 aliphatic rings. The summed E-state index contributed by atoms with van der Waals surface area (Å²) in [6, 6.07) is 0.729. The maximum atomic E-state index is 12.2. The molecule has 0 aromatic carbocycles. The van der Waals surface area contributed by atoms with Gasteiger partial charge in [-0.05, 0) is 38.5 Å². The zero-order valence-electron chi connectivity index (χ0n) is 13.3. The van der Waals surface area contributed by atoms with Crippen molar-refractivity contribution >= 4 is 5.96 Å². The molecule has 2 fully saturated rings. The first kappa shape index (κ1) is 17.4. The van der Waals surface area contributed by atoms with Gasteiger partial charge in [-0.1, -0.05) is 0 Å². The molecule has 2 aliphatic carbocycles. The summed E-state index contributed by atoms with van der Waals surface area (Å²) < 4.78 is 36.5. The van der Waals surface area contributed by atoms with Crippen molar-refractivity contribution in [2.24, 2.45) is 10.9 Å². The summed E-state index contributed by atoms with van der Waals surface area (Å²) >= 11 is 0. The second-order valence-electron chi connectivity index (χ2n) is 6.22. The molecule has 0 unspecified atom stereocenters. The molecule has 0 radical (unpaired) electrons. The van der Waals surface area contributed by atoms with E-state index in [2.05, 4.69) is 20.5 Å². The lowest BCUT2D eigenvalue weighted by Gasteiger charge is -2.22. The summed E-state index contributed by atoms with van der Waals surface area (Å²) in [4.78, 5) is 6.50. The van der Waals surface area contributed by atoms with Crippen molar-refractivity contribution in [3.63, 3.8) is 0 Å². The first-order chi connectivity index (χ1) is 10.5. The second kappa shape index (κ2) is 8.04. The van der Waals surface area contributed by atoms with Crippen LogP contribution in [-0.4, -0.2) is 55.8 Å². The van der Waals surface area contributed by atoms with E-state index in [1.165, 1.54) is 32.2 Å². The fourth-order valence-electron chi connectivity index (χ4n) is 2.45. The van der Waals surface area contributed by atoms with Gasteiger partial charge in [-0.15, -0.1) is 0 Å². The van der Waals surface area contributed by atoms with Crippen LogP contribution in [0.15, 0.2) is 4.99 Å². The minimum atomic E-state index is -4.14. The number of rotatable bonds is 9. The Labute approximate surface area is 130 Å². The predicted molar refractivity (Wildman–Crippen MR) is 82.0 cm³/mol. The fourth-order valence-corrected chi connectivity index (χ4v) is 2.45. The Morgan fingerprint density at radius 1 is 1.18 bits per heavy atom. The van der Waals surface area contributed by atoms with E-state index in [0.29, 0.717) is 12.5 Å². The number of nitrogens with one attached hydrogen (secondary N) is 2. The minimum absolute atomic E-state index is 0.229. The highest BCUT2D eigenvalue weighted by Gasteiger charge is 2.33. The molecule has 0 atom stereocenters. The molecular formula is C15H27F3N4. The third-order valence-electron chi connectivity index (χ3n) is 3.95. The van der Waals surface area contributed by atoms with Gasteiger partial charge < -0.3 is 10.6 Å². The Morgan fingerprint density at radius 3 is 2.45 bits per heavy atom. The summed E-state index contributed by atoms with van der Waals surface area (Å²) in [7, 11) is 0.